The van der Waals surface area contributed by atoms with E-state index in [1.165, 1.54) is 11.8 Å². The summed E-state index contributed by atoms with van der Waals surface area (Å²) in [4.78, 5) is 4.43. The molecule has 25 heavy (non-hydrogen) atoms. The normalized spacial score (nSPS) is 10.8. The number of benzene rings is 1. The first-order valence-electron chi connectivity index (χ1n) is 7.37. The molecule has 0 aliphatic rings. The van der Waals surface area contributed by atoms with Crippen LogP contribution < -0.4 is 9.47 Å². The zero-order chi connectivity index (χ0) is 17.6. The Kier molecular flexibility index (Phi) is 6.16. The number of methoxy groups -OCH3 is 2. The fraction of sp³-hybridized carbons (Fsp3) is 0.333. The summed E-state index contributed by atoms with van der Waals surface area (Å²) in [5, 5.41) is 12.3. The molecule has 0 amide bonds. The maximum atomic E-state index is 5.38. The summed E-state index contributed by atoms with van der Waals surface area (Å²) in [6.07, 6.45) is 0. The van der Waals surface area contributed by atoms with Crippen LogP contribution in [0.1, 0.15) is 12.8 Å². The number of ether oxygens (including phenoxy) is 2. The second kappa shape index (κ2) is 8.54. The third-order valence-electron chi connectivity index (χ3n) is 3.09. The summed E-state index contributed by atoms with van der Waals surface area (Å²) < 4.78 is 17.8. The minimum atomic E-state index is 0.481. The van der Waals surface area contributed by atoms with E-state index in [9.17, 15) is 0 Å². The largest absolute Gasteiger partial charge is 0.497 e. The van der Waals surface area contributed by atoms with Gasteiger partial charge >= 0.3 is 0 Å². The summed E-state index contributed by atoms with van der Waals surface area (Å²) in [5.41, 5.74) is 0.751. The highest BCUT2D eigenvalue weighted by Crippen LogP contribution is 2.33. The van der Waals surface area contributed by atoms with Gasteiger partial charge in [-0.2, -0.15) is 4.98 Å². The van der Waals surface area contributed by atoms with Crippen LogP contribution in [-0.2, 0) is 5.75 Å². The van der Waals surface area contributed by atoms with Gasteiger partial charge in [0.1, 0.15) is 11.5 Å². The van der Waals surface area contributed by atoms with E-state index in [4.69, 9.17) is 14.0 Å². The summed E-state index contributed by atoms with van der Waals surface area (Å²) in [5.74, 6) is 3.86. The van der Waals surface area contributed by atoms with Crippen LogP contribution in [0, 0.1) is 0 Å². The minimum Gasteiger partial charge on any atom is -0.497 e. The number of thioether (sulfide) groups is 2. The summed E-state index contributed by atoms with van der Waals surface area (Å²) >= 11 is 4.78. The summed E-state index contributed by atoms with van der Waals surface area (Å²) in [6, 6.07) is 5.46. The maximum absolute atomic E-state index is 5.38. The van der Waals surface area contributed by atoms with E-state index in [0.29, 0.717) is 29.0 Å². The van der Waals surface area contributed by atoms with Gasteiger partial charge in [-0.3, -0.25) is 0 Å². The van der Waals surface area contributed by atoms with Crippen LogP contribution in [0.25, 0.3) is 11.4 Å². The number of hydrogen-bond acceptors (Lipinski definition) is 10. The van der Waals surface area contributed by atoms with E-state index in [0.717, 1.165) is 20.0 Å². The molecule has 0 unspecified atom stereocenters. The highest BCUT2D eigenvalue weighted by Gasteiger charge is 2.15. The number of aromatic nitrogens is 4. The summed E-state index contributed by atoms with van der Waals surface area (Å²) in [7, 11) is 3.20. The molecular formula is C15H16N4O3S3. The highest BCUT2D eigenvalue weighted by atomic mass is 32.2. The van der Waals surface area contributed by atoms with Crippen molar-refractivity contribution in [2.75, 3.05) is 20.0 Å². The fourth-order valence-corrected chi connectivity index (χ4v) is 4.72. The molecule has 10 heteroatoms. The molecule has 0 saturated carbocycles. The van der Waals surface area contributed by atoms with Gasteiger partial charge < -0.3 is 14.0 Å². The van der Waals surface area contributed by atoms with Crippen molar-refractivity contribution in [2.24, 2.45) is 0 Å². The van der Waals surface area contributed by atoms with Gasteiger partial charge in [0.25, 0.3) is 0 Å². The van der Waals surface area contributed by atoms with E-state index in [2.05, 4.69) is 27.3 Å². The Hall–Kier alpha value is -1.78. The number of hydrogen-bond donors (Lipinski definition) is 0. The number of rotatable bonds is 8. The van der Waals surface area contributed by atoms with Crippen LogP contribution in [0.2, 0.25) is 0 Å². The first-order valence-corrected chi connectivity index (χ1v) is 10.2. The molecule has 132 valence electrons. The zero-order valence-electron chi connectivity index (χ0n) is 13.9. The second-order valence-electron chi connectivity index (χ2n) is 4.63. The van der Waals surface area contributed by atoms with E-state index >= 15 is 0 Å². The lowest BCUT2D eigenvalue weighted by Crippen LogP contribution is -1.91. The Bertz CT molecular complexity index is 837. The lowest BCUT2D eigenvalue weighted by molar-refractivity contribution is 0.388. The molecule has 0 fully saturated rings. The van der Waals surface area contributed by atoms with Crippen LogP contribution in [0.5, 0.6) is 11.5 Å². The van der Waals surface area contributed by atoms with Crippen LogP contribution in [0.3, 0.4) is 0 Å². The topological polar surface area (TPSA) is 83.2 Å². The predicted molar refractivity (Wildman–Crippen MR) is 98.7 cm³/mol. The average Bonchev–Trinajstić information content (AvgIpc) is 3.29. The molecule has 0 aliphatic heterocycles. The fourth-order valence-electron chi connectivity index (χ4n) is 1.97. The highest BCUT2D eigenvalue weighted by molar-refractivity contribution is 8.02. The lowest BCUT2D eigenvalue weighted by atomic mass is 10.2. The molecule has 0 N–H and O–H groups in total. The molecule has 2 heterocycles. The standard InChI is InChI=1S/C15H16N4O3S3/c1-4-23-14-17-18-15(25-14)24-8-12-16-13(19-22-12)10-6-5-9(20-2)7-11(10)21-3/h5-7H,4,8H2,1-3H3. The van der Waals surface area contributed by atoms with Crippen LogP contribution >= 0.6 is 34.9 Å². The van der Waals surface area contributed by atoms with Crippen molar-refractivity contribution >= 4 is 34.9 Å². The van der Waals surface area contributed by atoms with Crippen LogP contribution in [0.15, 0.2) is 31.4 Å². The Labute approximate surface area is 157 Å². The Morgan fingerprint density at radius 2 is 1.92 bits per heavy atom. The van der Waals surface area contributed by atoms with Crippen molar-refractivity contribution in [3.05, 3.63) is 24.1 Å². The molecule has 0 aliphatic carbocycles. The molecule has 0 saturated heterocycles. The molecular weight excluding hydrogens is 380 g/mol. The molecule has 0 radical (unpaired) electrons. The minimum absolute atomic E-state index is 0.481. The van der Waals surface area contributed by atoms with Crippen molar-refractivity contribution in [3.63, 3.8) is 0 Å². The molecule has 0 atom stereocenters. The molecule has 3 rings (SSSR count). The van der Waals surface area contributed by atoms with E-state index in [1.54, 1.807) is 43.4 Å². The van der Waals surface area contributed by atoms with Gasteiger partial charge in [0.05, 0.1) is 25.5 Å². The van der Waals surface area contributed by atoms with Crippen LogP contribution in [0.4, 0.5) is 0 Å². The predicted octanol–water partition coefficient (Wildman–Crippen LogP) is 4.01. The van der Waals surface area contributed by atoms with Gasteiger partial charge in [0.2, 0.25) is 11.7 Å². The number of nitrogens with zero attached hydrogens (tertiary/aromatic N) is 4. The Balaban J connectivity index is 1.69. The lowest BCUT2D eigenvalue weighted by Gasteiger charge is -2.07. The molecule has 1 aromatic carbocycles. The maximum Gasteiger partial charge on any atom is 0.237 e. The Morgan fingerprint density at radius 1 is 1.12 bits per heavy atom. The van der Waals surface area contributed by atoms with Gasteiger partial charge in [-0.25, -0.2) is 0 Å². The molecule has 0 spiro atoms. The van der Waals surface area contributed by atoms with Crippen molar-refractivity contribution in [1.82, 2.24) is 20.3 Å². The van der Waals surface area contributed by atoms with E-state index < -0.39 is 0 Å². The van der Waals surface area contributed by atoms with E-state index in [-0.39, 0.29) is 0 Å². The Morgan fingerprint density at radius 3 is 2.64 bits per heavy atom. The van der Waals surface area contributed by atoms with Gasteiger partial charge in [-0.05, 0) is 17.9 Å². The second-order valence-corrected chi connectivity index (χ2v) is 8.34. The van der Waals surface area contributed by atoms with Crippen molar-refractivity contribution < 1.29 is 14.0 Å². The van der Waals surface area contributed by atoms with Gasteiger partial charge in [-0.15, -0.1) is 10.2 Å². The molecule has 2 aromatic heterocycles. The van der Waals surface area contributed by atoms with Crippen molar-refractivity contribution in [1.29, 1.82) is 0 Å². The van der Waals surface area contributed by atoms with Crippen LogP contribution in [-0.4, -0.2) is 40.3 Å². The van der Waals surface area contributed by atoms with Crippen molar-refractivity contribution in [2.45, 2.75) is 21.4 Å². The summed E-state index contributed by atoms with van der Waals surface area (Å²) in [6.45, 7) is 2.09. The van der Waals surface area contributed by atoms with Gasteiger partial charge in [-0.1, -0.05) is 46.9 Å². The molecule has 0 bridgehead atoms. The van der Waals surface area contributed by atoms with Crippen molar-refractivity contribution in [3.8, 4) is 22.9 Å². The first kappa shape index (κ1) is 18.0. The molecule has 3 aromatic rings. The quantitative estimate of drug-likeness (QED) is 0.524. The van der Waals surface area contributed by atoms with E-state index in [1.807, 2.05) is 12.1 Å². The smallest absolute Gasteiger partial charge is 0.237 e. The third-order valence-corrected chi connectivity index (χ3v) is 6.15. The molecule has 7 nitrogen and oxygen atoms in total. The SMILES string of the molecule is CCSc1nnc(SCc2nc(-c3ccc(OC)cc3OC)no2)s1. The zero-order valence-corrected chi connectivity index (χ0v) is 16.3. The average molecular weight is 397 g/mol. The van der Waals surface area contributed by atoms with Gasteiger partial charge in [0, 0.05) is 6.07 Å². The monoisotopic (exact) mass is 396 g/mol. The van der Waals surface area contributed by atoms with Gasteiger partial charge in [0.15, 0.2) is 8.68 Å². The first-order chi connectivity index (χ1) is 12.2. The third kappa shape index (κ3) is 4.44.